The molecule has 0 unspecified atom stereocenters. The Hall–Kier alpha value is -0.320. The smallest absolute Gasteiger partial charge is 0.191 e. The summed E-state index contributed by atoms with van der Waals surface area (Å²) in [7, 11) is 0. The number of rotatable bonds is 2. The van der Waals surface area contributed by atoms with Crippen LogP contribution in [0.2, 0.25) is 0 Å². The van der Waals surface area contributed by atoms with Gasteiger partial charge in [-0.1, -0.05) is 0 Å². The van der Waals surface area contributed by atoms with E-state index in [0.717, 1.165) is 0 Å². The molecule has 0 radical (unpaired) electrons. The maximum Gasteiger partial charge on any atom is 0.191 e. The Morgan fingerprint density at radius 2 is 1.39 bits per heavy atom. The average Bonchev–Trinajstić information content (AvgIpc) is 2.13. The maximum absolute atomic E-state index is 6.27. The van der Waals surface area contributed by atoms with E-state index in [1.54, 1.807) is 27.7 Å². The third kappa shape index (κ3) is 1.62. The summed E-state index contributed by atoms with van der Waals surface area (Å²) < 4.78 is 5.73. The summed E-state index contributed by atoms with van der Waals surface area (Å²) >= 11 is 0. The summed E-state index contributed by atoms with van der Waals surface area (Å²) in [6.07, 6.45) is 0. The first kappa shape index (κ1) is 15.7. The van der Waals surface area contributed by atoms with Crippen LogP contribution >= 0.6 is 0 Å². The summed E-state index contributed by atoms with van der Waals surface area (Å²) in [6.45, 7) is 7.10. The van der Waals surface area contributed by atoms with E-state index >= 15 is 0 Å². The minimum absolute atomic E-state index is 0.164. The Bertz CT molecular complexity index is 339. The zero-order valence-electron chi connectivity index (χ0n) is 11.6. The first-order chi connectivity index (χ1) is 7.77. The van der Waals surface area contributed by atoms with E-state index < -0.39 is 28.2 Å². The summed E-state index contributed by atoms with van der Waals surface area (Å²) in [4.78, 5) is 0. The molecule has 8 heteroatoms. The molecule has 0 aliphatic carbocycles. The van der Waals surface area contributed by atoms with Gasteiger partial charge in [-0.3, -0.25) is 16.8 Å². The standard InChI is InChI=1S/C10H27N7O/c1-6(2)8(4,17-5-11)9(13,14)7(3,12)10(15,16)18-6/h17H,5,11-16H2,1-4H3/t7-,8-/m0/s1. The Kier molecular flexibility index (Phi) is 3.36. The van der Waals surface area contributed by atoms with Crippen LogP contribution < -0.4 is 39.7 Å². The molecule has 0 spiro atoms. The Morgan fingerprint density at radius 3 is 1.78 bits per heavy atom. The highest BCUT2D eigenvalue weighted by Crippen LogP contribution is 2.45. The first-order valence-corrected chi connectivity index (χ1v) is 5.86. The van der Waals surface area contributed by atoms with Gasteiger partial charge in [0.25, 0.3) is 0 Å². The molecule has 1 rings (SSSR count). The fraction of sp³-hybridized carbons (Fsp3) is 1.00. The lowest BCUT2D eigenvalue weighted by Gasteiger charge is -2.67. The van der Waals surface area contributed by atoms with Gasteiger partial charge in [-0.15, -0.1) is 0 Å². The van der Waals surface area contributed by atoms with Crippen LogP contribution in [0.15, 0.2) is 0 Å². The largest absolute Gasteiger partial charge is 0.338 e. The molecule has 108 valence electrons. The molecule has 0 saturated carbocycles. The van der Waals surface area contributed by atoms with Crippen molar-refractivity contribution in [2.75, 3.05) is 6.67 Å². The molecule has 1 fully saturated rings. The maximum atomic E-state index is 6.27. The van der Waals surface area contributed by atoms with Gasteiger partial charge in [-0.2, -0.15) is 0 Å². The van der Waals surface area contributed by atoms with Gasteiger partial charge < -0.3 is 27.7 Å². The topological polar surface area (TPSA) is 177 Å². The van der Waals surface area contributed by atoms with Crippen molar-refractivity contribution in [3.63, 3.8) is 0 Å². The van der Waals surface area contributed by atoms with Crippen LogP contribution in [0.4, 0.5) is 0 Å². The molecule has 18 heavy (non-hydrogen) atoms. The van der Waals surface area contributed by atoms with Gasteiger partial charge in [0.05, 0.1) is 11.1 Å². The summed E-state index contributed by atoms with van der Waals surface area (Å²) in [6, 6.07) is 0. The van der Waals surface area contributed by atoms with Gasteiger partial charge in [0.15, 0.2) is 5.85 Å². The number of nitrogens with two attached hydrogens (primary N) is 6. The number of nitrogens with one attached hydrogen (secondary N) is 1. The highest BCUT2D eigenvalue weighted by Gasteiger charge is 2.71. The van der Waals surface area contributed by atoms with Gasteiger partial charge in [0.1, 0.15) is 11.2 Å². The summed E-state index contributed by atoms with van der Waals surface area (Å²) in [5.41, 5.74) is 31.5. The predicted octanol–water partition coefficient (Wildman–Crippen LogP) is -3.04. The van der Waals surface area contributed by atoms with Crippen molar-refractivity contribution in [2.45, 2.75) is 55.9 Å². The third-order valence-corrected chi connectivity index (χ3v) is 4.58. The van der Waals surface area contributed by atoms with Gasteiger partial charge >= 0.3 is 0 Å². The lowest BCUT2D eigenvalue weighted by Crippen LogP contribution is -2.98. The van der Waals surface area contributed by atoms with Crippen LogP contribution in [0.1, 0.15) is 27.7 Å². The SMILES string of the molecule is CC1(C)OC(N)(N)[C@@](C)(N)C(N)(N)[C@@]1(C)NCN. The van der Waals surface area contributed by atoms with Crippen molar-refractivity contribution < 1.29 is 4.74 Å². The van der Waals surface area contributed by atoms with Crippen molar-refractivity contribution in [2.24, 2.45) is 34.4 Å². The van der Waals surface area contributed by atoms with Gasteiger partial charge in [0.2, 0.25) is 0 Å². The molecule has 1 aliphatic heterocycles. The second kappa shape index (κ2) is 3.84. The molecule has 0 bridgehead atoms. The molecule has 0 aromatic heterocycles. The van der Waals surface area contributed by atoms with E-state index in [1.807, 2.05) is 0 Å². The van der Waals surface area contributed by atoms with Crippen molar-refractivity contribution in [3.8, 4) is 0 Å². The van der Waals surface area contributed by atoms with Gasteiger partial charge in [-0.05, 0) is 27.7 Å². The second-order valence-corrected chi connectivity index (χ2v) is 5.98. The molecule has 0 amide bonds. The van der Waals surface area contributed by atoms with E-state index in [-0.39, 0.29) is 6.67 Å². The molecule has 0 aromatic carbocycles. The van der Waals surface area contributed by atoms with Crippen molar-refractivity contribution in [1.29, 1.82) is 0 Å². The van der Waals surface area contributed by atoms with E-state index in [4.69, 9.17) is 39.1 Å². The molecule has 2 atom stereocenters. The van der Waals surface area contributed by atoms with Crippen molar-refractivity contribution in [1.82, 2.24) is 5.32 Å². The van der Waals surface area contributed by atoms with Crippen molar-refractivity contribution in [3.05, 3.63) is 0 Å². The highest BCUT2D eigenvalue weighted by atomic mass is 16.6. The minimum atomic E-state index is -1.66. The Morgan fingerprint density at radius 1 is 0.944 bits per heavy atom. The minimum Gasteiger partial charge on any atom is -0.338 e. The molecule has 1 saturated heterocycles. The van der Waals surface area contributed by atoms with E-state index in [9.17, 15) is 0 Å². The lowest BCUT2D eigenvalue weighted by atomic mass is 9.61. The van der Waals surface area contributed by atoms with Gasteiger partial charge in [0, 0.05) is 6.67 Å². The molecule has 8 nitrogen and oxygen atoms in total. The lowest BCUT2D eigenvalue weighted by molar-refractivity contribution is -0.269. The molecule has 0 aromatic rings. The van der Waals surface area contributed by atoms with Crippen LogP contribution in [0, 0.1) is 0 Å². The van der Waals surface area contributed by atoms with Crippen LogP contribution in [-0.4, -0.2) is 34.9 Å². The summed E-state index contributed by atoms with van der Waals surface area (Å²) in [5.74, 6) is -1.66. The molecule has 13 N–H and O–H groups in total. The Balaban J connectivity index is 3.45. The number of hydrogen-bond acceptors (Lipinski definition) is 8. The molecular formula is C10H27N7O. The zero-order valence-corrected chi connectivity index (χ0v) is 11.6. The fourth-order valence-corrected chi connectivity index (χ4v) is 2.53. The third-order valence-electron chi connectivity index (χ3n) is 4.58. The summed E-state index contributed by atoms with van der Waals surface area (Å²) in [5, 5.41) is 3.05. The highest BCUT2D eigenvalue weighted by molar-refractivity contribution is 5.27. The zero-order chi connectivity index (χ0) is 14.6. The predicted molar refractivity (Wildman–Crippen MR) is 70.6 cm³/mol. The van der Waals surface area contributed by atoms with E-state index in [0.29, 0.717) is 0 Å². The van der Waals surface area contributed by atoms with Crippen LogP contribution in [0.5, 0.6) is 0 Å². The van der Waals surface area contributed by atoms with Gasteiger partial charge in [-0.25, -0.2) is 0 Å². The van der Waals surface area contributed by atoms with Crippen LogP contribution in [0.25, 0.3) is 0 Å². The van der Waals surface area contributed by atoms with Crippen molar-refractivity contribution >= 4 is 0 Å². The normalized spacial score (nSPS) is 41.7. The number of ether oxygens (including phenoxy) is 1. The second-order valence-electron chi connectivity index (χ2n) is 5.98. The molecule has 1 aliphatic rings. The van der Waals surface area contributed by atoms with E-state index in [1.165, 1.54) is 0 Å². The monoisotopic (exact) mass is 261 g/mol. The van der Waals surface area contributed by atoms with Crippen LogP contribution in [0.3, 0.4) is 0 Å². The molecular weight excluding hydrogens is 234 g/mol. The van der Waals surface area contributed by atoms with Crippen LogP contribution in [-0.2, 0) is 4.74 Å². The molecule has 1 heterocycles. The first-order valence-electron chi connectivity index (χ1n) is 5.86. The van der Waals surface area contributed by atoms with E-state index in [2.05, 4.69) is 5.32 Å². The quantitative estimate of drug-likeness (QED) is 0.256. The fourth-order valence-electron chi connectivity index (χ4n) is 2.53. The number of hydrogen-bond donors (Lipinski definition) is 7. The average molecular weight is 261 g/mol. The Labute approximate surface area is 108 Å².